The van der Waals surface area contributed by atoms with Gasteiger partial charge in [0.2, 0.25) is 5.28 Å². The number of halogens is 2. The second kappa shape index (κ2) is 6.02. The summed E-state index contributed by atoms with van der Waals surface area (Å²) in [6.45, 7) is 1.65. The molecule has 7 nitrogen and oxygen atoms in total. The van der Waals surface area contributed by atoms with E-state index in [-0.39, 0.29) is 27.5 Å². The molecule has 2 rings (SSSR count). The van der Waals surface area contributed by atoms with Gasteiger partial charge in [-0.1, -0.05) is 11.6 Å². The standard InChI is InChI=1S/C12H8Cl2N4O3/c1-6-2-7(4-8(3-6)18(20)21)11(19)16-10-5-9(13)15-12(14)17-10/h2-5H,1H3,(H,15,16,17,19). The minimum Gasteiger partial charge on any atom is -0.306 e. The SMILES string of the molecule is Cc1cc(C(=O)Nc2cc(Cl)nc(Cl)n2)cc([N+](=O)[O-])c1. The van der Waals surface area contributed by atoms with E-state index in [2.05, 4.69) is 15.3 Å². The van der Waals surface area contributed by atoms with Gasteiger partial charge in [0.15, 0.2) is 0 Å². The van der Waals surface area contributed by atoms with E-state index in [0.29, 0.717) is 5.56 Å². The molecule has 0 bridgehead atoms. The number of benzene rings is 1. The minimum absolute atomic E-state index is 0.0699. The highest BCUT2D eigenvalue weighted by Gasteiger charge is 2.14. The average molecular weight is 327 g/mol. The van der Waals surface area contributed by atoms with Crippen LogP contribution in [0.2, 0.25) is 10.4 Å². The molecule has 0 saturated heterocycles. The Morgan fingerprint density at radius 3 is 2.57 bits per heavy atom. The summed E-state index contributed by atoms with van der Waals surface area (Å²) < 4.78 is 0. The molecule has 108 valence electrons. The van der Waals surface area contributed by atoms with Gasteiger partial charge in [0.25, 0.3) is 11.6 Å². The van der Waals surface area contributed by atoms with Crippen LogP contribution in [0, 0.1) is 17.0 Å². The van der Waals surface area contributed by atoms with Crippen molar-refractivity contribution in [3.05, 3.63) is 55.9 Å². The number of rotatable bonds is 3. The smallest absolute Gasteiger partial charge is 0.270 e. The molecule has 0 aliphatic carbocycles. The van der Waals surface area contributed by atoms with Crippen LogP contribution in [0.3, 0.4) is 0 Å². The van der Waals surface area contributed by atoms with E-state index in [1.807, 2.05) is 0 Å². The second-order valence-electron chi connectivity index (χ2n) is 4.11. The summed E-state index contributed by atoms with van der Waals surface area (Å²) >= 11 is 11.3. The number of anilines is 1. The summed E-state index contributed by atoms with van der Waals surface area (Å²) in [6, 6.07) is 5.38. The molecule has 0 aliphatic heterocycles. The molecule has 1 aromatic carbocycles. The molecule has 2 aromatic rings. The van der Waals surface area contributed by atoms with Crippen LogP contribution in [-0.4, -0.2) is 20.8 Å². The number of aryl methyl sites for hydroxylation is 1. The van der Waals surface area contributed by atoms with Crippen molar-refractivity contribution >= 4 is 40.6 Å². The number of nitro benzene ring substituents is 1. The van der Waals surface area contributed by atoms with Gasteiger partial charge in [-0.15, -0.1) is 0 Å². The number of amides is 1. The van der Waals surface area contributed by atoms with Crippen LogP contribution in [0.4, 0.5) is 11.5 Å². The zero-order valence-electron chi connectivity index (χ0n) is 10.6. The first-order valence-corrected chi connectivity index (χ1v) is 6.38. The first kappa shape index (κ1) is 15.1. The lowest BCUT2D eigenvalue weighted by Crippen LogP contribution is -2.13. The molecule has 0 saturated carbocycles. The monoisotopic (exact) mass is 326 g/mol. The highest BCUT2D eigenvalue weighted by Crippen LogP contribution is 2.19. The molecule has 1 N–H and O–H groups in total. The first-order chi connectivity index (χ1) is 9.85. The van der Waals surface area contributed by atoms with E-state index in [4.69, 9.17) is 23.2 Å². The lowest BCUT2D eigenvalue weighted by atomic mass is 10.1. The largest absolute Gasteiger partial charge is 0.306 e. The maximum atomic E-state index is 12.1. The Kier molecular flexibility index (Phi) is 4.35. The van der Waals surface area contributed by atoms with Crippen molar-refractivity contribution in [1.29, 1.82) is 0 Å². The van der Waals surface area contributed by atoms with Crippen LogP contribution in [0.25, 0.3) is 0 Å². The Labute approximate surface area is 129 Å². The molecule has 0 aliphatic rings. The van der Waals surface area contributed by atoms with Crippen molar-refractivity contribution in [3.63, 3.8) is 0 Å². The van der Waals surface area contributed by atoms with Crippen LogP contribution in [0.15, 0.2) is 24.3 Å². The summed E-state index contributed by atoms with van der Waals surface area (Å²) in [5.74, 6) is -0.457. The molecular formula is C12H8Cl2N4O3. The Morgan fingerprint density at radius 2 is 1.95 bits per heavy atom. The van der Waals surface area contributed by atoms with Crippen molar-refractivity contribution in [2.75, 3.05) is 5.32 Å². The number of non-ortho nitro benzene ring substituents is 1. The number of carbonyl (C=O) groups excluding carboxylic acids is 1. The molecule has 0 fully saturated rings. The molecule has 1 aromatic heterocycles. The number of hydrogen-bond acceptors (Lipinski definition) is 5. The van der Waals surface area contributed by atoms with Crippen molar-refractivity contribution in [2.24, 2.45) is 0 Å². The van der Waals surface area contributed by atoms with E-state index in [0.717, 1.165) is 0 Å². The van der Waals surface area contributed by atoms with Crippen LogP contribution < -0.4 is 5.32 Å². The van der Waals surface area contributed by atoms with Crippen LogP contribution in [-0.2, 0) is 0 Å². The Balaban J connectivity index is 2.30. The van der Waals surface area contributed by atoms with Crippen molar-refractivity contribution in [3.8, 4) is 0 Å². The van der Waals surface area contributed by atoms with Gasteiger partial charge in [-0.05, 0) is 30.2 Å². The lowest BCUT2D eigenvalue weighted by molar-refractivity contribution is -0.384. The lowest BCUT2D eigenvalue weighted by Gasteiger charge is -2.06. The third kappa shape index (κ3) is 3.87. The maximum Gasteiger partial charge on any atom is 0.270 e. The molecule has 0 spiro atoms. The van der Waals surface area contributed by atoms with Crippen LogP contribution in [0.1, 0.15) is 15.9 Å². The fourth-order valence-corrected chi connectivity index (χ4v) is 2.05. The van der Waals surface area contributed by atoms with E-state index in [1.165, 1.54) is 24.3 Å². The van der Waals surface area contributed by atoms with Gasteiger partial charge in [0.1, 0.15) is 11.0 Å². The maximum absolute atomic E-state index is 12.1. The fraction of sp³-hybridized carbons (Fsp3) is 0.0833. The molecule has 0 radical (unpaired) electrons. The average Bonchev–Trinajstić information content (AvgIpc) is 2.36. The summed E-state index contributed by atoms with van der Waals surface area (Å²) in [6.07, 6.45) is 0. The number of aromatic nitrogens is 2. The zero-order chi connectivity index (χ0) is 15.6. The van der Waals surface area contributed by atoms with Gasteiger partial charge < -0.3 is 5.32 Å². The van der Waals surface area contributed by atoms with E-state index in [1.54, 1.807) is 6.92 Å². The molecular weight excluding hydrogens is 319 g/mol. The Morgan fingerprint density at radius 1 is 1.24 bits per heavy atom. The van der Waals surface area contributed by atoms with Crippen molar-refractivity contribution < 1.29 is 9.72 Å². The van der Waals surface area contributed by atoms with E-state index >= 15 is 0 Å². The summed E-state index contributed by atoms with van der Waals surface area (Å²) in [7, 11) is 0. The number of carbonyl (C=O) groups is 1. The third-order valence-electron chi connectivity index (χ3n) is 2.44. The van der Waals surface area contributed by atoms with Gasteiger partial charge in [0, 0.05) is 23.8 Å². The van der Waals surface area contributed by atoms with Gasteiger partial charge in [-0.2, -0.15) is 0 Å². The highest BCUT2D eigenvalue weighted by molar-refractivity contribution is 6.32. The van der Waals surface area contributed by atoms with Crippen LogP contribution >= 0.6 is 23.2 Å². The molecule has 0 atom stereocenters. The quantitative estimate of drug-likeness (QED) is 0.404. The van der Waals surface area contributed by atoms with Crippen molar-refractivity contribution in [2.45, 2.75) is 6.92 Å². The highest BCUT2D eigenvalue weighted by atomic mass is 35.5. The van der Waals surface area contributed by atoms with E-state index < -0.39 is 10.8 Å². The van der Waals surface area contributed by atoms with Crippen LogP contribution in [0.5, 0.6) is 0 Å². The topological polar surface area (TPSA) is 98.0 Å². The molecule has 9 heteroatoms. The minimum atomic E-state index is -0.567. The van der Waals surface area contributed by atoms with Gasteiger partial charge in [-0.25, -0.2) is 9.97 Å². The Bertz CT molecular complexity index is 716. The van der Waals surface area contributed by atoms with Crippen molar-refractivity contribution in [1.82, 2.24) is 9.97 Å². The summed E-state index contributed by atoms with van der Waals surface area (Å²) in [4.78, 5) is 29.7. The summed E-state index contributed by atoms with van der Waals surface area (Å²) in [5, 5.41) is 13.2. The summed E-state index contributed by atoms with van der Waals surface area (Å²) in [5.41, 5.74) is 0.555. The van der Waals surface area contributed by atoms with E-state index in [9.17, 15) is 14.9 Å². The second-order valence-corrected chi connectivity index (χ2v) is 4.84. The fourth-order valence-electron chi connectivity index (χ4n) is 1.64. The number of nitro groups is 1. The molecule has 0 unspecified atom stereocenters. The molecule has 1 heterocycles. The Hall–Kier alpha value is -2.25. The first-order valence-electron chi connectivity index (χ1n) is 5.62. The normalized spacial score (nSPS) is 10.2. The zero-order valence-corrected chi connectivity index (χ0v) is 12.1. The predicted molar refractivity (Wildman–Crippen MR) is 77.8 cm³/mol. The van der Waals surface area contributed by atoms with Gasteiger partial charge >= 0.3 is 0 Å². The third-order valence-corrected chi connectivity index (χ3v) is 2.81. The predicted octanol–water partition coefficient (Wildman–Crippen LogP) is 3.25. The van der Waals surface area contributed by atoms with Gasteiger partial charge in [0.05, 0.1) is 4.92 Å². The number of hydrogen-bond donors (Lipinski definition) is 1. The molecule has 21 heavy (non-hydrogen) atoms. The number of nitrogens with one attached hydrogen (secondary N) is 1. The number of nitrogens with zero attached hydrogens (tertiary/aromatic N) is 3. The molecule has 1 amide bonds. The van der Waals surface area contributed by atoms with Gasteiger partial charge in [-0.3, -0.25) is 14.9 Å².